The topological polar surface area (TPSA) is 38.3 Å². The van der Waals surface area contributed by atoms with Crippen LogP contribution in [0.25, 0.3) is 0 Å². The standard InChI is InChI=1S/C15H14BrNO2S/c1-19-15(18)12-4-6-13(7-5-12)17-20-14-8-2-11(10-16)3-9-14/h2-9,17H,10H2,1H3. The molecule has 0 unspecified atom stereocenters. The molecule has 2 aromatic carbocycles. The molecule has 5 heteroatoms. The molecule has 3 nitrogen and oxygen atoms in total. The number of carbonyl (C=O) groups excluding carboxylic acids is 1. The van der Waals surface area contributed by atoms with E-state index in [2.05, 4.69) is 49.7 Å². The number of methoxy groups -OCH3 is 1. The number of esters is 1. The maximum Gasteiger partial charge on any atom is 0.337 e. The predicted octanol–water partition coefficient (Wildman–Crippen LogP) is 4.49. The van der Waals surface area contributed by atoms with E-state index in [9.17, 15) is 4.79 Å². The van der Waals surface area contributed by atoms with Crippen LogP contribution in [0.1, 0.15) is 15.9 Å². The first-order valence-corrected chi connectivity index (χ1v) is 7.93. The van der Waals surface area contributed by atoms with E-state index in [1.165, 1.54) is 24.6 Å². The van der Waals surface area contributed by atoms with Crippen molar-refractivity contribution in [2.45, 2.75) is 10.2 Å². The molecule has 20 heavy (non-hydrogen) atoms. The van der Waals surface area contributed by atoms with Crippen LogP contribution in [-0.2, 0) is 10.1 Å². The predicted molar refractivity (Wildman–Crippen MR) is 86.3 cm³/mol. The number of hydrogen-bond donors (Lipinski definition) is 1. The molecule has 0 spiro atoms. The van der Waals surface area contributed by atoms with Crippen molar-refractivity contribution in [3.05, 3.63) is 59.7 Å². The minimum atomic E-state index is -0.324. The smallest absolute Gasteiger partial charge is 0.337 e. The first kappa shape index (κ1) is 14.9. The van der Waals surface area contributed by atoms with Crippen LogP contribution in [0, 0.1) is 0 Å². The van der Waals surface area contributed by atoms with Gasteiger partial charge in [0.25, 0.3) is 0 Å². The molecule has 0 fully saturated rings. The summed E-state index contributed by atoms with van der Waals surface area (Å²) in [5.41, 5.74) is 2.73. The van der Waals surface area contributed by atoms with Gasteiger partial charge in [0.1, 0.15) is 0 Å². The molecular weight excluding hydrogens is 338 g/mol. The normalized spacial score (nSPS) is 10.1. The molecule has 0 aliphatic heterocycles. The zero-order valence-corrected chi connectivity index (χ0v) is 13.3. The molecule has 0 saturated carbocycles. The summed E-state index contributed by atoms with van der Waals surface area (Å²) in [6, 6.07) is 15.5. The van der Waals surface area contributed by atoms with Crippen LogP contribution in [0.5, 0.6) is 0 Å². The Morgan fingerprint density at radius 3 is 2.35 bits per heavy atom. The van der Waals surface area contributed by atoms with Crippen molar-refractivity contribution in [1.29, 1.82) is 0 Å². The van der Waals surface area contributed by atoms with Crippen molar-refractivity contribution < 1.29 is 9.53 Å². The molecule has 0 amide bonds. The molecule has 0 aliphatic carbocycles. The highest BCUT2D eigenvalue weighted by Gasteiger charge is 2.04. The SMILES string of the molecule is COC(=O)c1ccc(NSc2ccc(CBr)cc2)cc1. The third-order valence-corrected chi connectivity index (χ3v) is 4.16. The van der Waals surface area contributed by atoms with E-state index in [4.69, 9.17) is 0 Å². The fourth-order valence-corrected chi connectivity index (χ4v) is 2.57. The van der Waals surface area contributed by atoms with Gasteiger partial charge in [-0.15, -0.1) is 0 Å². The maximum atomic E-state index is 11.3. The molecule has 0 bridgehead atoms. The van der Waals surface area contributed by atoms with Crippen LogP contribution in [0.15, 0.2) is 53.4 Å². The summed E-state index contributed by atoms with van der Waals surface area (Å²) in [4.78, 5) is 12.4. The highest BCUT2D eigenvalue weighted by Crippen LogP contribution is 2.22. The number of halogens is 1. The highest BCUT2D eigenvalue weighted by atomic mass is 79.9. The Balaban J connectivity index is 1.94. The van der Waals surface area contributed by atoms with E-state index in [0.717, 1.165) is 15.9 Å². The second-order valence-electron chi connectivity index (χ2n) is 4.05. The second kappa shape index (κ2) is 7.36. The summed E-state index contributed by atoms with van der Waals surface area (Å²) in [5.74, 6) is -0.324. The quantitative estimate of drug-likeness (QED) is 0.489. The van der Waals surface area contributed by atoms with E-state index in [0.29, 0.717) is 5.56 Å². The van der Waals surface area contributed by atoms with Crippen LogP contribution >= 0.6 is 27.9 Å². The lowest BCUT2D eigenvalue weighted by molar-refractivity contribution is 0.0601. The molecule has 2 rings (SSSR count). The van der Waals surface area contributed by atoms with Gasteiger partial charge in [0.05, 0.1) is 12.7 Å². The second-order valence-corrected chi connectivity index (χ2v) is 5.49. The molecule has 1 N–H and O–H groups in total. The molecule has 0 heterocycles. The average Bonchev–Trinajstić information content (AvgIpc) is 2.53. The van der Waals surface area contributed by atoms with Gasteiger partial charge in [-0.2, -0.15) is 0 Å². The molecular formula is C15H14BrNO2S. The minimum Gasteiger partial charge on any atom is -0.465 e. The summed E-state index contributed by atoms with van der Waals surface area (Å²) in [5, 5.41) is 0.861. The van der Waals surface area contributed by atoms with Crippen LogP contribution in [0.4, 0.5) is 5.69 Å². The van der Waals surface area contributed by atoms with Crippen molar-refractivity contribution in [3.63, 3.8) is 0 Å². The molecule has 0 aromatic heterocycles. The van der Waals surface area contributed by atoms with Gasteiger partial charge in [0.15, 0.2) is 0 Å². The lowest BCUT2D eigenvalue weighted by atomic mass is 10.2. The van der Waals surface area contributed by atoms with Crippen LogP contribution in [0.3, 0.4) is 0 Å². The summed E-state index contributed by atoms with van der Waals surface area (Å²) in [6.45, 7) is 0. The van der Waals surface area contributed by atoms with E-state index >= 15 is 0 Å². The first-order valence-electron chi connectivity index (χ1n) is 5.99. The number of anilines is 1. The monoisotopic (exact) mass is 351 g/mol. The fourth-order valence-electron chi connectivity index (χ4n) is 1.56. The zero-order chi connectivity index (χ0) is 14.4. The highest BCUT2D eigenvalue weighted by molar-refractivity contribution is 9.08. The van der Waals surface area contributed by atoms with Gasteiger partial charge < -0.3 is 9.46 Å². The lowest BCUT2D eigenvalue weighted by Crippen LogP contribution is -2.00. The fraction of sp³-hybridized carbons (Fsp3) is 0.133. The Kier molecular flexibility index (Phi) is 5.49. The number of nitrogens with one attached hydrogen (secondary N) is 1. The van der Waals surface area contributed by atoms with Crippen molar-refractivity contribution in [1.82, 2.24) is 0 Å². The maximum absolute atomic E-state index is 11.3. The van der Waals surface area contributed by atoms with Gasteiger partial charge in [-0.3, -0.25) is 0 Å². The summed E-state index contributed by atoms with van der Waals surface area (Å²) >= 11 is 4.95. The van der Waals surface area contributed by atoms with E-state index in [1.807, 2.05) is 12.1 Å². The van der Waals surface area contributed by atoms with E-state index < -0.39 is 0 Å². The van der Waals surface area contributed by atoms with Crippen LogP contribution in [-0.4, -0.2) is 13.1 Å². The number of benzene rings is 2. The summed E-state index contributed by atoms with van der Waals surface area (Å²) in [7, 11) is 1.38. The Hall–Kier alpha value is -1.46. The summed E-state index contributed by atoms with van der Waals surface area (Å²) < 4.78 is 7.89. The van der Waals surface area contributed by atoms with Gasteiger partial charge in [-0.05, 0) is 53.9 Å². The van der Waals surface area contributed by atoms with Gasteiger partial charge in [-0.25, -0.2) is 4.79 Å². The van der Waals surface area contributed by atoms with Gasteiger partial charge in [0.2, 0.25) is 0 Å². The lowest BCUT2D eigenvalue weighted by Gasteiger charge is -2.06. The van der Waals surface area contributed by atoms with Crippen molar-refractivity contribution in [3.8, 4) is 0 Å². The van der Waals surface area contributed by atoms with Gasteiger partial charge >= 0.3 is 5.97 Å². The van der Waals surface area contributed by atoms with E-state index in [1.54, 1.807) is 12.1 Å². The minimum absolute atomic E-state index is 0.324. The van der Waals surface area contributed by atoms with Crippen LogP contribution in [0.2, 0.25) is 0 Å². The van der Waals surface area contributed by atoms with Crippen molar-refractivity contribution in [2.75, 3.05) is 11.8 Å². The number of ether oxygens (including phenoxy) is 1. The molecule has 0 radical (unpaired) electrons. The van der Waals surface area contributed by atoms with E-state index in [-0.39, 0.29) is 5.97 Å². The Morgan fingerprint density at radius 2 is 1.80 bits per heavy atom. The Morgan fingerprint density at radius 1 is 1.15 bits per heavy atom. The largest absolute Gasteiger partial charge is 0.465 e. The first-order chi connectivity index (χ1) is 9.72. The number of carbonyl (C=O) groups is 1. The molecule has 0 atom stereocenters. The third kappa shape index (κ3) is 4.02. The number of rotatable bonds is 5. The zero-order valence-electron chi connectivity index (χ0n) is 10.9. The molecule has 2 aromatic rings. The van der Waals surface area contributed by atoms with Crippen LogP contribution < -0.4 is 4.72 Å². The van der Waals surface area contributed by atoms with Crippen molar-refractivity contribution in [2.24, 2.45) is 0 Å². The summed E-state index contributed by atoms with van der Waals surface area (Å²) in [6.07, 6.45) is 0. The Bertz CT molecular complexity index is 569. The average molecular weight is 352 g/mol. The third-order valence-electron chi connectivity index (χ3n) is 2.67. The van der Waals surface area contributed by atoms with Gasteiger partial charge in [0, 0.05) is 15.9 Å². The Labute approximate surface area is 131 Å². The van der Waals surface area contributed by atoms with Gasteiger partial charge in [-0.1, -0.05) is 28.1 Å². The number of alkyl halides is 1. The van der Waals surface area contributed by atoms with Crippen molar-refractivity contribution >= 4 is 39.5 Å². The number of hydrogen-bond acceptors (Lipinski definition) is 4. The molecule has 0 aliphatic rings. The molecule has 0 saturated heterocycles. The molecule has 104 valence electrons.